The van der Waals surface area contributed by atoms with Crippen molar-refractivity contribution in [2.45, 2.75) is 11.5 Å². The van der Waals surface area contributed by atoms with Crippen LogP contribution in [0.2, 0.25) is 0 Å². The van der Waals surface area contributed by atoms with Crippen molar-refractivity contribution in [2.75, 3.05) is 0 Å². The number of pyridine rings is 1. The first-order chi connectivity index (χ1) is 7.36. The third-order valence-electron chi connectivity index (χ3n) is 2.44. The minimum atomic E-state index is 0.0358. The van der Waals surface area contributed by atoms with E-state index in [1.165, 1.54) is 4.68 Å². The second kappa shape index (κ2) is 3.27. The van der Waals surface area contributed by atoms with E-state index in [0.29, 0.717) is 5.82 Å². The lowest BCUT2D eigenvalue weighted by atomic mass is 10.3. The van der Waals surface area contributed by atoms with Gasteiger partial charge in [-0.2, -0.15) is 11.8 Å². The van der Waals surface area contributed by atoms with E-state index in [2.05, 4.69) is 10.1 Å². The zero-order chi connectivity index (χ0) is 10.3. The van der Waals surface area contributed by atoms with Gasteiger partial charge in [0.05, 0.1) is 11.3 Å². The van der Waals surface area contributed by atoms with Crippen LogP contribution >= 0.6 is 11.8 Å². The van der Waals surface area contributed by atoms with Crippen molar-refractivity contribution >= 4 is 11.8 Å². The van der Waals surface area contributed by atoms with Crippen molar-refractivity contribution in [1.82, 2.24) is 14.8 Å². The Morgan fingerprint density at radius 3 is 3.07 bits per heavy atom. The molecule has 0 spiro atoms. The van der Waals surface area contributed by atoms with Crippen LogP contribution in [0.1, 0.15) is 11.3 Å². The fourth-order valence-corrected chi connectivity index (χ4v) is 2.73. The Bertz CT molecular complexity index is 544. The Hall–Kier alpha value is -1.49. The summed E-state index contributed by atoms with van der Waals surface area (Å²) in [7, 11) is 0. The number of hydrogen-bond donors (Lipinski definition) is 1. The molecule has 0 saturated heterocycles. The molecule has 1 aliphatic heterocycles. The van der Waals surface area contributed by atoms with Gasteiger partial charge in [0.1, 0.15) is 0 Å². The normalized spacial score (nSPS) is 14.1. The minimum absolute atomic E-state index is 0.0358. The molecule has 1 N–H and O–H groups in total. The number of thioether (sulfide) groups is 1. The van der Waals surface area contributed by atoms with Crippen molar-refractivity contribution in [3.8, 4) is 5.82 Å². The SMILES string of the molecule is O=c1c2c([nH]n1-c1ccccn1)CSC2. The summed E-state index contributed by atoms with van der Waals surface area (Å²) in [4.78, 5) is 16.1. The molecule has 4 nitrogen and oxygen atoms in total. The summed E-state index contributed by atoms with van der Waals surface area (Å²) in [5.74, 6) is 2.36. The Kier molecular flexibility index (Phi) is 1.92. The summed E-state index contributed by atoms with van der Waals surface area (Å²) in [6.45, 7) is 0. The molecule has 3 heterocycles. The molecular weight excluding hydrogens is 210 g/mol. The maximum absolute atomic E-state index is 11.9. The number of H-pyrrole nitrogens is 1. The molecule has 2 aromatic heterocycles. The standard InChI is InChI=1S/C10H9N3OS/c14-10-7-5-15-6-8(7)12-13(10)9-3-1-2-4-11-9/h1-4,12H,5-6H2. The summed E-state index contributed by atoms with van der Waals surface area (Å²) in [5, 5.41) is 3.10. The summed E-state index contributed by atoms with van der Waals surface area (Å²) in [6.07, 6.45) is 1.68. The fraction of sp³-hybridized carbons (Fsp3) is 0.200. The Morgan fingerprint density at radius 1 is 1.40 bits per heavy atom. The Balaban J connectivity index is 2.19. The maximum atomic E-state index is 11.9. The Morgan fingerprint density at radius 2 is 2.33 bits per heavy atom. The van der Waals surface area contributed by atoms with Gasteiger partial charge in [0.15, 0.2) is 5.82 Å². The van der Waals surface area contributed by atoms with Gasteiger partial charge in [-0.25, -0.2) is 9.67 Å². The molecule has 2 aromatic rings. The van der Waals surface area contributed by atoms with Gasteiger partial charge in [0.2, 0.25) is 0 Å². The third-order valence-corrected chi connectivity index (χ3v) is 3.43. The molecule has 0 bridgehead atoms. The van der Waals surface area contributed by atoms with E-state index in [-0.39, 0.29) is 5.56 Å². The zero-order valence-electron chi connectivity index (χ0n) is 7.93. The average Bonchev–Trinajstić information content (AvgIpc) is 2.83. The van der Waals surface area contributed by atoms with Gasteiger partial charge in [-0.1, -0.05) is 6.07 Å². The highest BCUT2D eigenvalue weighted by molar-refractivity contribution is 7.98. The van der Waals surface area contributed by atoms with Gasteiger partial charge in [-0.05, 0) is 12.1 Å². The molecule has 0 aromatic carbocycles. The van der Waals surface area contributed by atoms with Gasteiger partial charge in [0, 0.05) is 17.7 Å². The highest BCUT2D eigenvalue weighted by Gasteiger charge is 2.20. The lowest BCUT2D eigenvalue weighted by Gasteiger charge is -1.99. The van der Waals surface area contributed by atoms with Crippen LogP contribution in [-0.4, -0.2) is 14.8 Å². The van der Waals surface area contributed by atoms with Crippen molar-refractivity contribution in [2.24, 2.45) is 0 Å². The molecule has 0 amide bonds. The maximum Gasteiger partial charge on any atom is 0.276 e. The largest absolute Gasteiger partial charge is 0.292 e. The molecule has 3 rings (SSSR count). The first kappa shape index (κ1) is 8.79. The van der Waals surface area contributed by atoms with E-state index < -0.39 is 0 Å². The topological polar surface area (TPSA) is 50.7 Å². The van der Waals surface area contributed by atoms with Gasteiger partial charge in [-0.15, -0.1) is 0 Å². The van der Waals surface area contributed by atoms with E-state index in [9.17, 15) is 4.79 Å². The molecule has 0 saturated carbocycles. The van der Waals surface area contributed by atoms with Crippen LogP contribution in [0.5, 0.6) is 0 Å². The molecule has 0 atom stereocenters. The van der Waals surface area contributed by atoms with Crippen molar-refractivity contribution in [3.05, 3.63) is 46.0 Å². The highest BCUT2D eigenvalue weighted by Crippen LogP contribution is 2.25. The van der Waals surface area contributed by atoms with Crippen LogP contribution < -0.4 is 5.56 Å². The van der Waals surface area contributed by atoms with Crippen LogP contribution in [0.25, 0.3) is 5.82 Å². The van der Waals surface area contributed by atoms with Gasteiger partial charge in [0.25, 0.3) is 5.56 Å². The molecular formula is C10H9N3OS. The van der Waals surface area contributed by atoms with Crippen LogP contribution in [-0.2, 0) is 11.5 Å². The number of aromatic nitrogens is 3. The zero-order valence-corrected chi connectivity index (χ0v) is 8.75. The number of nitrogens with one attached hydrogen (secondary N) is 1. The molecule has 0 aliphatic carbocycles. The average molecular weight is 219 g/mol. The predicted molar refractivity (Wildman–Crippen MR) is 59.2 cm³/mol. The second-order valence-corrected chi connectivity index (χ2v) is 4.38. The predicted octanol–water partition coefficient (Wildman–Crippen LogP) is 1.31. The van der Waals surface area contributed by atoms with E-state index in [0.717, 1.165) is 22.8 Å². The lowest BCUT2D eigenvalue weighted by molar-refractivity contribution is 0.804. The number of fused-ring (bicyclic) bond motifs is 1. The van der Waals surface area contributed by atoms with Crippen molar-refractivity contribution in [3.63, 3.8) is 0 Å². The Labute approximate surface area is 90.3 Å². The summed E-state index contributed by atoms with van der Waals surface area (Å²) in [6, 6.07) is 5.52. The number of nitrogens with zero attached hydrogens (tertiary/aromatic N) is 2. The molecule has 76 valence electrons. The third kappa shape index (κ3) is 1.31. The monoisotopic (exact) mass is 219 g/mol. The minimum Gasteiger partial charge on any atom is -0.292 e. The summed E-state index contributed by atoms with van der Waals surface area (Å²) >= 11 is 1.76. The van der Waals surface area contributed by atoms with Crippen LogP contribution in [0.4, 0.5) is 0 Å². The van der Waals surface area contributed by atoms with Crippen LogP contribution in [0, 0.1) is 0 Å². The second-order valence-electron chi connectivity index (χ2n) is 3.39. The summed E-state index contributed by atoms with van der Waals surface area (Å²) in [5.41, 5.74) is 1.97. The molecule has 0 unspecified atom stereocenters. The molecule has 1 aliphatic rings. The number of aromatic amines is 1. The molecule has 0 radical (unpaired) electrons. The first-order valence-electron chi connectivity index (χ1n) is 4.68. The smallest absolute Gasteiger partial charge is 0.276 e. The van der Waals surface area contributed by atoms with Crippen molar-refractivity contribution in [1.29, 1.82) is 0 Å². The van der Waals surface area contributed by atoms with E-state index in [1.807, 2.05) is 18.2 Å². The molecule has 5 heteroatoms. The number of rotatable bonds is 1. The van der Waals surface area contributed by atoms with Crippen molar-refractivity contribution < 1.29 is 0 Å². The number of hydrogen-bond acceptors (Lipinski definition) is 3. The van der Waals surface area contributed by atoms with Gasteiger partial charge < -0.3 is 0 Å². The molecule has 0 fully saturated rings. The van der Waals surface area contributed by atoms with E-state index in [4.69, 9.17) is 0 Å². The highest BCUT2D eigenvalue weighted by atomic mass is 32.2. The van der Waals surface area contributed by atoms with E-state index >= 15 is 0 Å². The summed E-state index contributed by atoms with van der Waals surface area (Å²) < 4.78 is 1.52. The van der Waals surface area contributed by atoms with Crippen LogP contribution in [0.15, 0.2) is 29.2 Å². The molecule has 15 heavy (non-hydrogen) atoms. The quantitative estimate of drug-likeness (QED) is 0.786. The lowest BCUT2D eigenvalue weighted by Crippen LogP contribution is -2.17. The first-order valence-corrected chi connectivity index (χ1v) is 5.83. The van der Waals surface area contributed by atoms with Gasteiger partial charge in [-0.3, -0.25) is 9.89 Å². The fourth-order valence-electron chi connectivity index (χ4n) is 1.69. The van der Waals surface area contributed by atoms with Crippen LogP contribution in [0.3, 0.4) is 0 Å². The van der Waals surface area contributed by atoms with Gasteiger partial charge >= 0.3 is 0 Å². The van der Waals surface area contributed by atoms with E-state index in [1.54, 1.807) is 18.0 Å².